The normalized spacial score (nSPS) is 20.6. The molecule has 4 rings (SSSR count). The minimum atomic E-state index is -1.05. The lowest BCUT2D eigenvalue weighted by atomic mass is 9.83. The summed E-state index contributed by atoms with van der Waals surface area (Å²) in [7, 11) is 1.90. The van der Waals surface area contributed by atoms with E-state index in [0.29, 0.717) is 34.8 Å². The zero-order valence-electron chi connectivity index (χ0n) is 25.4. The molecule has 0 saturated carbocycles. The number of halogens is 1. The van der Waals surface area contributed by atoms with Gasteiger partial charge < -0.3 is 14.9 Å². The number of hydrogen-bond acceptors (Lipinski definition) is 4. The van der Waals surface area contributed by atoms with Gasteiger partial charge in [0.2, 0.25) is 0 Å². The molecular weight excluding hydrogens is 501 g/mol. The third kappa shape index (κ3) is 7.08. The van der Waals surface area contributed by atoms with E-state index in [2.05, 4.69) is 13.5 Å². The monoisotopic (exact) mass is 547 g/mol. The summed E-state index contributed by atoms with van der Waals surface area (Å²) in [5, 5.41) is 9.98. The Morgan fingerprint density at radius 2 is 1.93 bits per heavy atom. The summed E-state index contributed by atoms with van der Waals surface area (Å²) in [4.78, 5) is 22.4. The molecule has 1 amide bonds. The number of benzene rings is 1. The maximum absolute atomic E-state index is 15.4. The van der Waals surface area contributed by atoms with E-state index in [4.69, 9.17) is 4.99 Å². The first-order valence-corrected chi connectivity index (χ1v) is 14.7. The minimum Gasteiger partial charge on any atom is -0.386 e. The summed E-state index contributed by atoms with van der Waals surface area (Å²) in [6, 6.07) is 5.19. The standard InChI is InChI=1S/C32H40FN3O2.C2H6/c1-7-25-20-28(31(37)36-18-16-23-11-8-9-13-27(23)22(36)3)34-29(35(25)6)19-21(2)26-14-10-12-24(30(26)33)15-17-32(4,5)38;1-2/h10,12,14-15,17,19-20,22,38H,2,7-9,11,13,16,18H2,1,3-6H3;1-2H3/b17-15+,29-19-;. The lowest BCUT2D eigenvalue weighted by Gasteiger charge is -2.39. The molecule has 0 fully saturated rings. The second-order valence-electron chi connectivity index (χ2n) is 11.0. The van der Waals surface area contributed by atoms with Crippen molar-refractivity contribution >= 4 is 23.3 Å². The largest absolute Gasteiger partial charge is 0.386 e. The van der Waals surface area contributed by atoms with E-state index in [9.17, 15) is 9.90 Å². The number of carbonyl (C=O) groups excluding carboxylic acids is 1. The number of rotatable bonds is 6. The molecule has 216 valence electrons. The van der Waals surface area contributed by atoms with E-state index in [1.54, 1.807) is 55.8 Å². The Bertz CT molecular complexity index is 1280. The van der Waals surface area contributed by atoms with Crippen LogP contribution in [0.5, 0.6) is 0 Å². The molecule has 2 heterocycles. The van der Waals surface area contributed by atoms with Crippen LogP contribution >= 0.6 is 0 Å². The molecule has 1 atom stereocenters. The maximum Gasteiger partial charge on any atom is 0.273 e. The molecule has 0 spiro atoms. The Morgan fingerprint density at radius 1 is 1.23 bits per heavy atom. The fourth-order valence-corrected chi connectivity index (χ4v) is 5.51. The van der Waals surface area contributed by atoms with E-state index in [1.165, 1.54) is 18.4 Å². The maximum atomic E-state index is 15.4. The van der Waals surface area contributed by atoms with Gasteiger partial charge in [-0.05, 0) is 82.6 Å². The van der Waals surface area contributed by atoms with Crippen molar-refractivity contribution in [1.82, 2.24) is 9.80 Å². The van der Waals surface area contributed by atoms with Crippen LogP contribution in [0.1, 0.15) is 91.2 Å². The first-order chi connectivity index (χ1) is 19.0. The summed E-state index contributed by atoms with van der Waals surface area (Å²) in [5.41, 5.74) is 4.47. The van der Waals surface area contributed by atoms with Gasteiger partial charge in [0.1, 0.15) is 17.3 Å². The average molecular weight is 548 g/mol. The van der Waals surface area contributed by atoms with Crippen molar-refractivity contribution in [2.24, 2.45) is 4.99 Å². The summed E-state index contributed by atoms with van der Waals surface area (Å²) in [6.45, 7) is 16.3. The number of amides is 1. The molecule has 6 heteroatoms. The van der Waals surface area contributed by atoms with Crippen LogP contribution in [-0.2, 0) is 4.79 Å². The Balaban J connectivity index is 0.00000216. The van der Waals surface area contributed by atoms with Crippen LogP contribution in [0.2, 0.25) is 0 Å². The highest BCUT2D eigenvalue weighted by Crippen LogP contribution is 2.35. The third-order valence-electron chi connectivity index (χ3n) is 7.76. The third-order valence-corrected chi connectivity index (χ3v) is 7.76. The highest BCUT2D eigenvalue weighted by molar-refractivity contribution is 6.44. The Labute approximate surface area is 240 Å². The van der Waals surface area contributed by atoms with Gasteiger partial charge in [-0.3, -0.25) is 4.79 Å². The number of carbonyl (C=O) groups is 1. The van der Waals surface area contributed by atoms with Crippen molar-refractivity contribution in [2.75, 3.05) is 13.6 Å². The lowest BCUT2D eigenvalue weighted by Crippen LogP contribution is -2.47. The molecule has 0 bridgehead atoms. The second kappa shape index (κ2) is 13.4. The van der Waals surface area contributed by atoms with Crippen molar-refractivity contribution < 1.29 is 14.3 Å². The Kier molecular flexibility index (Phi) is 10.5. The predicted molar refractivity (Wildman–Crippen MR) is 165 cm³/mol. The molecule has 1 aromatic carbocycles. The molecule has 1 unspecified atom stereocenters. The molecule has 40 heavy (non-hydrogen) atoms. The summed E-state index contributed by atoms with van der Waals surface area (Å²) < 4.78 is 15.4. The van der Waals surface area contributed by atoms with Crippen molar-refractivity contribution in [3.8, 4) is 0 Å². The molecule has 0 aromatic heterocycles. The first-order valence-electron chi connectivity index (χ1n) is 14.7. The molecule has 1 aliphatic carbocycles. The van der Waals surface area contributed by atoms with Gasteiger partial charge in [-0.2, -0.15) is 0 Å². The molecule has 2 aliphatic heterocycles. The molecule has 3 aliphatic rings. The molecule has 5 nitrogen and oxygen atoms in total. The minimum absolute atomic E-state index is 0.0601. The lowest BCUT2D eigenvalue weighted by molar-refractivity contribution is -0.125. The van der Waals surface area contributed by atoms with Crippen LogP contribution in [0.15, 0.2) is 70.7 Å². The van der Waals surface area contributed by atoms with Gasteiger partial charge in [0.05, 0.1) is 11.6 Å². The van der Waals surface area contributed by atoms with Gasteiger partial charge in [-0.15, -0.1) is 0 Å². The zero-order valence-corrected chi connectivity index (χ0v) is 25.4. The molecule has 0 saturated heterocycles. The van der Waals surface area contributed by atoms with Gasteiger partial charge in [0.25, 0.3) is 5.91 Å². The second-order valence-corrected chi connectivity index (χ2v) is 11.0. The van der Waals surface area contributed by atoms with E-state index in [1.807, 2.05) is 43.7 Å². The Morgan fingerprint density at radius 3 is 2.60 bits per heavy atom. The zero-order chi connectivity index (χ0) is 29.6. The number of hydrogen-bond donors (Lipinski definition) is 1. The first kappa shape index (κ1) is 31.3. The SMILES string of the molecule is C=C(/C=C1/N=C(C(=O)N2CCC3=C(CCCC3)C2C)C=C(CC)N1C)c1cccc(/C=C/C(C)(C)O)c1F.CC. The van der Waals surface area contributed by atoms with Crippen LogP contribution in [0, 0.1) is 5.82 Å². The number of nitrogens with zero attached hydrogens (tertiary/aromatic N) is 3. The van der Waals surface area contributed by atoms with Crippen LogP contribution < -0.4 is 0 Å². The highest BCUT2D eigenvalue weighted by atomic mass is 19.1. The van der Waals surface area contributed by atoms with Crippen LogP contribution in [0.4, 0.5) is 4.39 Å². The number of aliphatic imine (C=N–C) groups is 1. The summed E-state index contributed by atoms with van der Waals surface area (Å²) >= 11 is 0. The van der Waals surface area contributed by atoms with E-state index in [0.717, 1.165) is 31.4 Å². The van der Waals surface area contributed by atoms with E-state index in [-0.39, 0.29) is 11.9 Å². The van der Waals surface area contributed by atoms with Gasteiger partial charge in [0, 0.05) is 30.4 Å². The fraction of sp³-hybridized carbons (Fsp3) is 0.471. The van der Waals surface area contributed by atoms with Crippen molar-refractivity contribution in [2.45, 2.75) is 91.7 Å². The molecular formula is C34H46FN3O2. The van der Waals surface area contributed by atoms with Gasteiger partial charge in [-0.1, -0.05) is 63.3 Å². The smallest absolute Gasteiger partial charge is 0.273 e. The molecule has 1 aromatic rings. The molecule has 0 radical (unpaired) electrons. The van der Waals surface area contributed by atoms with Gasteiger partial charge in [-0.25, -0.2) is 9.38 Å². The van der Waals surface area contributed by atoms with E-state index >= 15 is 4.39 Å². The quantitative estimate of drug-likeness (QED) is 0.372. The Hall–Kier alpha value is -3.25. The van der Waals surface area contributed by atoms with Crippen LogP contribution in [-0.4, -0.2) is 51.8 Å². The fourth-order valence-electron chi connectivity index (χ4n) is 5.51. The number of allylic oxidation sites excluding steroid dienone is 3. The summed E-state index contributed by atoms with van der Waals surface area (Å²) in [6.07, 6.45) is 13.1. The van der Waals surface area contributed by atoms with E-state index < -0.39 is 11.4 Å². The van der Waals surface area contributed by atoms with Crippen LogP contribution in [0.25, 0.3) is 11.6 Å². The number of aliphatic hydroxyl groups is 1. The predicted octanol–water partition coefficient (Wildman–Crippen LogP) is 7.66. The topological polar surface area (TPSA) is 56.1 Å². The van der Waals surface area contributed by atoms with Gasteiger partial charge in [0.15, 0.2) is 0 Å². The molecule has 1 N–H and O–H groups in total. The van der Waals surface area contributed by atoms with Crippen molar-refractivity contribution in [3.63, 3.8) is 0 Å². The van der Waals surface area contributed by atoms with Crippen LogP contribution in [0.3, 0.4) is 0 Å². The van der Waals surface area contributed by atoms with Crippen molar-refractivity contribution in [3.05, 3.63) is 82.6 Å². The van der Waals surface area contributed by atoms with Gasteiger partial charge >= 0.3 is 0 Å². The van der Waals surface area contributed by atoms with Crippen molar-refractivity contribution in [1.29, 1.82) is 0 Å². The average Bonchev–Trinajstić information content (AvgIpc) is 2.94. The summed E-state index contributed by atoms with van der Waals surface area (Å²) in [5.74, 6) is 0.0745. The highest BCUT2D eigenvalue weighted by Gasteiger charge is 2.33.